The molecule has 0 fully saturated rings. The van der Waals surface area contributed by atoms with Crippen molar-refractivity contribution in [1.82, 2.24) is 15.3 Å². The number of rotatable bonds is 2. The third-order valence-electron chi connectivity index (χ3n) is 1.87. The van der Waals surface area contributed by atoms with Crippen LogP contribution in [0.2, 0.25) is 5.02 Å². The van der Waals surface area contributed by atoms with E-state index in [1.165, 1.54) is 0 Å². The van der Waals surface area contributed by atoms with Gasteiger partial charge >= 0.3 is 0 Å². The average molecular weight is 264 g/mol. The van der Waals surface area contributed by atoms with Gasteiger partial charge in [0.05, 0.1) is 0 Å². The molecular weight excluding hydrogens is 250 g/mol. The smallest absolute Gasteiger partial charge is 0.269 e. The minimum Gasteiger partial charge on any atom is -0.351 e. The van der Waals surface area contributed by atoms with Gasteiger partial charge in [-0.3, -0.25) is 14.8 Å². The minimum absolute atomic E-state index is 0.117. The number of aromatic nitrogens is 2. The topological polar surface area (TPSA) is 54.9 Å². The minimum atomic E-state index is -0.117. The van der Waals surface area contributed by atoms with Crippen LogP contribution >= 0.6 is 11.6 Å². The summed E-state index contributed by atoms with van der Waals surface area (Å²) < 4.78 is 0. The summed E-state index contributed by atoms with van der Waals surface area (Å²) in [5.74, 6) is -0.117. The van der Waals surface area contributed by atoms with Crippen molar-refractivity contribution >= 4 is 17.5 Å². The number of nitrogens with one attached hydrogen (secondary N) is 1. The van der Waals surface area contributed by atoms with E-state index in [0.29, 0.717) is 12.2 Å². The second kappa shape index (κ2) is 8.20. The molecule has 0 spiro atoms. The Morgan fingerprint density at radius 3 is 2.39 bits per heavy atom. The largest absolute Gasteiger partial charge is 0.351 e. The molecule has 2 heterocycles. The third-order valence-corrected chi connectivity index (χ3v) is 2.13. The van der Waals surface area contributed by atoms with Crippen LogP contribution < -0.4 is 5.32 Å². The van der Waals surface area contributed by atoms with E-state index in [1.54, 1.807) is 48.9 Å². The standard InChI is InChI=1S/C8H10N2O.C5H4ClN/c1-2-9-8(11)7-5-3-4-6-10-7;6-5-1-3-7-4-2-5/h3-6H,2H2,1H3,(H,9,11);1-4H. The Balaban J connectivity index is 0.000000199. The Hall–Kier alpha value is -1.94. The van der Waals surface area contributed by atoms with Crippen molar-refractivity contribution in [3.63, 3.8) is 0 Å². The van der Waals surface area contributed by atoms with Gasteiger partial charge in [0.25, 0.3) is 5.91 Å². The maximum absolute atomic E-state index is 11.1. The van der Waals surface area contributed by atoms with Gasteiger partial charge in [-0.1, -0.05) is 17.7 Å². The highest BCUT2D eigenvalue weighted by atomic mass is 35.5. The maximum Gasteiger partial charge on any atom is 0.269 e. The highest BCUT2D eigenvalue weighted by molar-refractivity contribution is 6.30. The van der Waals surface area contributed by atoms with E-state index in [-0.39, 0.29) is 5.91 Å². The summed E-state index contributed by atoms with van der Waals surface area (Å²) >= 11 is 5.50. The number of amides is 1. The molecule has 1 N–H and O–H groups in total. The van der Waals surface area contributed by atoms with Gasteiger partial charge < -0.3 is 5.32 Å². The number of hydrogen-bond acceptors (Lipinski definition) is 3. The van der Waals surface area contributed by atoms with Gasteiger partial charge in [-0.05, 0) is 31.2 Å². The molecule has 0 bridgehead atoms. The van der Waals surface area contributed by atoms with E-state index in [9.17, 15) is 4.79 Å². The zero-order valence-electron chi connectivity index (χ0n) is 10.0. The Morgan fingerprint density at radius 2 is 1.94 bits per heavy atom. The van der Waals surface area contributed by atoms with Gasteiger partial charge in [0.2, 0.25) is 0 Å². The Labute approximate surface area is 111 Å². The fourth-order valence-corrected chi connectivity index (χ4v) is 1.19. The van der Waals surface area contributed by atoms with Crippen LogP contribution in [0.1, 0.15) is 17.4 Å². The van der Waals surface area contributed by atoms with E-state index in [1.807, 2.05) is 6.92 Å². The van der Waals surface area contributed by atoms with Gasteiger partial charge in [-0.25, -0.2) is 0 Å². The molecule has 0 saturated heterocycles. The summed E-state index contributed by atoms with van der Waals surface area (Å²) in [6.45, 7) is 2.51. The maximum atomic E-state index is 11.1. The lowest BCUT2D eigenvalue weighted by Crippen LogP contribution is -2.23. The van der Waals surface area contributed by atoms with Gasteiger partial charge in [0, 0.05) is 30.2 Å². The van der Waals surface area contributed by atoms with Crippen molar-refractivity contribution in [3.05, 3.63) is 59.6 Å². The summed E-state index contributed by atoms with van der Waals surface area (Å²) in [4.78, 5) is 18.7. The zero-order chi connectivity index (χ0) is 13.2. The second-order valence-corrected chi connectivity index (χ2v) is 3.68. The molecule has 0 aliphatic rings. The van der Waals surface area contributed by atoms with Crippen molar-refractivity contribution in [1.29, 1.82) is 0 Å². The van der Waals surface area contributed by atoms with E-state index < -0.39 is 0 Å². The number of hydrogen-bond donors (Lipinski definition) is 1. The SMILES string of the molecule is CCNC(=O)c1ccccn1.Clc1ccncc1. The molecule has 0 radical (unpaired) electrons. The molecule has 94 valence electrons. The summed E-state index contributed by atoms with van der Waals surface area (Å²) in [6, 6.07) is 8.73. The van der Waals surface area contributed by atoms with E-state index in [4.69, 9.17) is 11.6 Å². The number of nitrogens with zero attached hydrogens (tertiary/aromatic N) is 2. The first-order valence-corrected chi connectivity index (χ1v) is 5.86. The van der Waals surface area contributed by atoms with Crippen molar-refractivity contribution in [2.45, 2.75) is 6.92 Å². The molecular formula is C13H14ClN3O. The Bertz CT molecular complexity index is 462. The monoisotopic (exact) mass is 263 g/mol. The lowest BCUT2D eigenvalue weighted by molar-refractivity contribution is 0.0951. The van der Waals surface area contributed by atoms with E-state index in [2.05, 4.69) is 15.3 Å². The molecule has 0 aliphatic carbocycles. The van der Waals surface area contributed by atoms with Crippen LogP contribution in [0.15, 0.2) is 48.9 Å². The van der Waals surface area contributed by atoms with Gasteiger partial charge in [0.15, 0.2) is 0 Å². The van der Waals surface area contributed by atoms with Gasteiger partial charge in [-0.2, -0.15) is 0 Å². The molecule has 18 heavy (non-hydrogen) atoms. The van der Waals surface area contributed by atoms with Crippen LogP contribution in [0, 0.1) is 0 Å². The van der Waals surface area contributed by atoms with E-state index in [0.717, 1.165) is 5.02 Å². The Kier molecular flexibility index (Phi) is 6.43. The first kappa shape index (κ1) is 14.1. The van der Waals surface area contributed by atoms with Crippen molar-refractivity contribution in [2.75, 3.05) is 6.54 Å². The summed E-state index contributed by atoms with van der Waals surface area (Å²) in [6.07, 6.45) is 4.91. The van der Waals surface area contributed by atoms with Crippen molar-refractivity contribution < 1.29 is 4.79 Å². The first-order chi connectivity index (χ1) is 8.74. The molecule has 1 amide bonds. The molecule has 0 atom stereocenters. The number of pyridine rings is 2. The van der Waals surface area contributed by atoms with Crippen LogP contribution in [-0.2, 0) is 0 Å². The van der Waals surface area contributed by atoms with Crippen molar-refractivity contribution in [3.8, 4) is 0 Å². The predicted molar refractivity (Wildman–Crippen MR) is 71.5 cm³/mol. The molecule has 0 aliphatic heterocycles. The second-order valence-electron chi connectivity index (χ2n) is 3.24. The fourth-order valence-electron chi connectivity index (χ4n) is 1.08. The lowest BCUT2D eigenvalue weighted by atomic mass is 10.3. The van der Waals surface area contributed by atoms with Crippen LogP contribution in [0.4, 0.5) is 0 Å². The number of halogens is 1. The molecule has 2 aromatic heterocycles. The van der Waals surface area contributed by atoms with Crippen molar-refractivity contribution in [2.24, 2.45) is 0 Å². The lowest BCUT2D eigenvalue weighted by Gasteiger charge is -1.98. The average Bonchev–Trinajstić information content (AvgIpc) is 2.42. The van der Waals surface area contributed by atoms with Gasteiger partial charge in [0.1, 0.15) is 5.69 Å². The van der Waals surface area contributed by atoms with E-state index >= 15 is 0 Å². The molecule has 5 heteroatoms. The number of carbonyl (C=O) groups is 1. The molecule has 0 unspecified atom stereocenters. The molecule has 2 rings (SSSR count). The molecule has 0 aromatic carbocycles. The quantitative estimate of drug-likeness (QED) is 0.906. The predicted octanol–water partition coefficient (Wildman–Crippen LogP) is 2.57. The fraction of sp³-hybridized carbons (Fsp3) is 0.154. The number of carbonyl (C=O) groups excluding carboxylic acids is 1. The Morgan fingerprint density at radius 1 is 1.22 bits per heavy atom. The van der Waals surface area contributed by atoms with Crippen LogP contribution in [-0.4, -0.2) is 22.4 Å². The summed E-state index contributed by atoms with van der Waals surface area (Å²) in [7, 11) is 0. The van der Waals surface area contributed by atoms with Crippen LogP contribution in [0.3, 0.4) is 0 Å². The molecule has 4 nitrogen and oxygen atoms in total. The summed E-state index contributed by atoms with van der Waals surface area (Å²) in [5.41, 5.74) is 0.467. The highest BCUT2D eigenvalue weighted by Gasteiger charge is 2.01. The van der Waals surface area contributed by atoms with Crippen LogP contribution in [0.5, 0.6) is 0 Å². The summed E-state index contributed by atoms with van der Waals surface area (Å²) in [5, 5.41) is 3.39. The van der Waals surface area contributed by atoms with Gasteiger partial charge in [-0.15, -0.1) is 0 Å². The first-order valence-electron chi connectivity index (χ1n) is 5.48. The third kappa shape index (κ3) is 5.41. The normalized spacial score (nSPS) is 9.00. The highest BCUT2D eigenvalue weighted by Crippen LogP contribution is 2.01. The molecule has 2 aromatic rings. The molecule has 0 saturated carbocycles. The van der Waals surface area contributed by atoms with Crippen LogP contribution in [0.25, 0.3) is 0 Å². The zero-order valence-corrected chi connectivity index (χ0v) is 10.8.